The van der Waals surface area contributed by atoms with Gasteiger partial charge in [0, 0.05) is 18.4 Å². The van der Waals surface area contributed by atoms with E-state index in [4.69, 9.17) is 9.83 Å². The lowest BCUT2D eigenvalue weighted by molar-refractivity contribution is -0.114. The Balaban J connectivity index is 1.86. The van der Waals surface area contributed by atoms with E-state index in [-0.39, 0.29) is 5.78 Å². The van der Waals surface area contributed by atoms with Gasteiger partial charge in [-0.15, -0.1) is 0 Å². The second-order valence-corrected chi connectivity index (χ2v) is 6.16. The summed E-state index contributed by atoms with van der Waals surface area (Å²) >= 11 is 1.23. The molecule has 0 radical (unpaired) electrons. The summed E-state index contributed by atoms with van der Waals surface area (Å²) in [7, 11) is 0. The number of carbonyl (C=O) groups is 1. The third-order valence-electron chi connectivity index (χ3n) is 3.32. The summed E-state index contributed by atoms with van der Waals surface area (Å²) in [6.45, 7) is 2.04. The van der Waals surface area contributed by atoms with Crippen molar-refractivity contribution < 1.29 is 9.21 Å². The molecule has 3 rings (SSSR count). The average molecular weight is 297 g/mol. The Kier molecular flexibility index (Phi) is 3.80. The fourth-order valence-electron chi connectivity index (χ4n) is 2.13. The number of furan rings is 1. The standard InChI is InChI=1S/C17H15NO2S/c1-11-2-4-12(5-3-11)15-8-6-13(20-15)10-16-14(19)7-9-17(18)21-16/h2-6,8,10,18H,7,9H2,1H3/b16-10+,18-17?. The zero-order valence-corrected chi connectivity index (χ0v) is 12.5. The lowest BCUT2D eigenvalue weighted by Gasteiger charge is -2.12. The minimum absolute atomic E-state index is 0.0873. The average Bonchev–Trinajstić information content (AvgIpc) is 2.92. The van der Waals surface area contributed by atoms with Gasteiger partial charge in [0.2, 0.25) is 0 Å². The van der Waals surface area contributed by atoms with Crippen molar-refractivity contribution in [2.75, 3.05) is 0 Å². The molecule has 3 nitrogen and oxygen atoms in total. The van der Waals surface area contributed by atoms with Crippen LogP contribution < -0.4 is 0 Å². The highest BCUT2D eigenvalue weighted by atomic mass is 32.2. The smallest absolute Gasteiger partial charge is 0.170 e. The number of hydrogen-bond acceptors (Lipinski definition) is 4. The monoisotopic (exact) mass is 297 g/mol. The summed E-state index contributed by atoms with van der Waals surface area (Å²) in [4.78, 5) is 12.4. The van der Waals surface area contributed by atoms with Gasteiger partial charge >= 0.3 is 0 Å². The molecule has 1 N–H and O–H groups in total. The quantitative estimate of drug-likeness (QED) is 0.819. The second-order valence-electron chi connectivity index (χ2n) is 5.03. The Hall–Kier alpha value is -2.07. The maximum absolute atomic E-state index is 11.8. The number of ketones is 1. The SMILES string of the molecule is Cc1ccc(-c2ccc(/C=C3/SC(=N)CCC3=O)o2)cc1. The molecule has 1 aliphatic rings. The molecule has 2 heterocycles. The first kappa shape index (κ1) is 13.9. The predicted molar refractivity (Wildman–Crippen MR) is 86.4 cm³/mol. The van der Waals surface area contributed by atoms with E-state index in [0.717, 1.165) is 11.3 Å². The molecule has 1 aliphatic heterocycles. The molecule has 0 saturated carbocycles. The van der Waals surface area contributed by atoms with Gasteiger partial charge in [-0.05, 0) is 25.1 Å². The van der Waals surface area contributed by atoms with Crippen LogP contribution in [0.25, 0.3) is 17.4 Å². The molecule has 1 aromatic carbocycles. The molecule has 0 unspecified atom stereocenters. The van der Waals surface area contributed by atoms with Crippen molar-refractivity contribution in [1.82, 2.24) is 0 Å². The minimum atomic E-state index is 0.0873. The third kappa shape index (κ3) is 3.16. The lowest BCUT2D eigenvalue weighted by atomic mass is 10.1. The van der Waals surface area contributed by atoms with Crippen molar-refractivity contribution in [2.45, 2.75) is 19.8 Å². The summed E-state index contributed by atoms with van der Waals surface area (Å²) in [5.41, 5.74) is 2.22. The number of hydrogen-bond donors (Lipinski definition) is 1. The first-order valence-electron chi connectivity index (χ1n) is 6.79. The summed E-state index contributed by atoms with van der Waals surface area (Å²) in [6, 6.07) is 11.9. The zero-order chi connectivity index (χ0) is 14.8. The number of benzene rings is 1. The van der Waals surface area contributed by atoms with Crippen LogP contribution in [0.4, 0.5) is 0 Å². The van der Waals surface area contributed by atoms with Gasteiger partial charge in [0.15, 0.2) is 5.78 Å². The van der Waals surface area contributed by atoms with Crippen LogP contribution in [0, 0.1) is 12.3 Å². The van der Waals surface area contributed by atoms with Crippen LogP contribution in [-0.2, 0) is 4.79 Å². The van der Waals surface area contributed by atoms with Crippen molar-refractivity contribution in [1.29, 1.82) is 5.41 Å². The summed E-state index contributed by atoms with van der Waals surface area (Å²) in [5, 5.41) is 8.21. The molecule has 4 heteroatoms. The van der Waals surface area contributed by atoms with E-state index in [1.165, 1.54) is 17.3 Å². The third-order valence-corrected chi connectivity index (χ3v) is 4.34. The number of nitrogens with one attached hydrogen (secondary N) is 1. The molecule has 0 bridgehead atoms. The van der Waals surface area contributed by atoms with E-state index in [2.05, 4.69) is 0 Å². The highest BCUT2D eigenvalue weighted by Crippen LogP contribution is 2.31. The van der Waals surface area contributed by atoms with Gasteiger partial charge in [0.1, 0.15) is 11.5 Å². The molecule has 0 atom stereocenters. The highest BCUT2D eigenvalue weighted by Gasteiger charge is 2.20. The van der Waals surface area contributed by atoms with Crippen molar-refractivity contribution in [3.05, 3.63) is 52.6 Å². The minimum Gasteiger partial charge on any atom is -0.457 e. The largest absolute Gasteiger partial charge is 0.457 e. The van der Waals surface area contributed by atoms with Crippen LogP contribution in [0.15, 0.2) is 45.7 Å². The number of carbonyl (C=O) groups excluding carboxylic acids is 1. The van der Waals surface area contributed by atoms with E-state index < -0.39 is 0 Å². The first-order chi connectivity index (χ1) is 10.1. The summed E-state index contributed by atoms with van der Waals surface area (Å²) in [6.07, 6.45) is 2.70. The number of allylic oxidation sites excluding steroid dienone is 1. The van der Waals surface area contributed by atoms with Gasteiger partial charge in [-0.1, -0.05) is 41.6 Å². The van der Waals surface area contributed by atoms with Gasteiger partial charge in [-0.25, -0.2) is 0 Å². The number of rotatable bonds is 2. The molecule has 2 aromatic rings. The maximum atomic E-state index is 11.8. The van der Waals surface area contributed by atoms with Gasteiger partial charge in [-0.2, -0.15) is 0 Å². The van der Waals surface area contributed by atoms with Gasteiger partial charge in [-0.3, -0.25) is 10.2 Å². The van der Waals surface area contributed by atoms with E-state index in [1.54, 1.807) is 6.08 Å². The van der Waals surface area contributed by atoms with E-state index in [0.29, 0.717) is 28.6 Å². The Morgan fingerprint density at radius 2 is 1.90 bits per heavy atom. The summed E-state index contributed by atoms with van der Waals surface area (Å²) in [5.74, 6) is 1.52. The predicted octanol–water partition coefficient (Wildman–Crippen LogP) is 4.67. The highest BCUT2D eigenvalue weighted by molar-refractivity contribution is 8.18. The van der Waals surface area contributed by atoms with Crippen molar-refractivity contribution in [3.63, 3.8) is 0 Å². The fourth-order valence-corrected chi connectivity index (χ4v) is 2.99. The number of aryl methyl sites for hydroxylation is 1. The molecule has 106 valence electrons. The second kappa shape index (κ2) is 5.74. The van der Waals surface area contributed by atoms with Crippen LogP contribution in [-0.4, -0.2) is 10.8 Å². The topological polar surface area (TPSA) is 54.1 Å². The molecule has 1 saturated heterocycles. The van der Waals surface area contributed by atoms with Gasteiger partial charge in [0.25, 0.3) is 0 Å². The van der Waals surface area contributed by atoms with Gasteiger partial charge in [0.05, 0.1) is 9.95 Å². The Morgan fingerprint density at radius 3 is 2.67 bits per heavy atom. The van der Waals surface area contributed by atoms with Gasteiger partial charge < -0.3 is 4.42 Å². The normalized spacial score (nSPS) is 17.5. The lowest BCUT2D eigenvalue weighted by Crippen LogP contribution is -2.10. The Labute approximate surface area is 127 Å². The molecular formula is C17H15NO2S. The van der Waals surface area contributed by atoms with Crippen LogP contribution in [0.3, 0.4) is 0 Å². The molecular weight excluding hydrogens is 282 g/mol. The van der Waals surface area contributed by atoms with Crippen molar-refractivity contribution in [3.8, 4) is 11.3 Å². The van der Waals surface area contributed by atoms with E-state index in [1.807, 2.05) is 43.3 Å². The van der Waals surface area contributed by atoms with E-state index in [9.17, 15) is 4.79 Å². The van der Waals surface area contributed by atoms with Crippen LogP contribution in [0.2, 0.25) is 0 Å². The Bertz CT molecular complexity index is 726. The molecule has 1 fully saturated rings. The molecule has 0 amide bonds. The van der Waals surface area contributed by atoms with Crippen molar-refractivity contribution in [2.24, 2.45) is 0 Å². The van der Waals surface area contributed by atoms with Crippen molar-refractivity contribution >= 4 is 28.7 Å². The molecule has 21 heavy (non-hydrogen) atoms. The van der Waals surface area contributed by atoms with E-state index >= 15 is 0 Å². The van der Waals surface area contributed by atoms with Crippen LogP contribution in [0.5, 0.6) is 0 Å². The first-order valence-corrected chi connectivity index (χ1v) is 7.60. The fraction of sp³-hybridized carbons (Fsp3) is 0.176. The molecule has 0 spiro atoms. The number of thioether (sulfide) groups is 1. The zero-order valence-electron chi connectivity index (χ0n) is 11.7. The maximum Gasteiger partial charge on any atom is 0.170 e. The number of Topliss-reactive ketones (excluding diaryl/α,β-unsaturated/α-hetero) is 1. The Morgan fingerprint density at radius 1 is 1.14 bits per heavy atom. The molecule has 0 aliphatic carbocycles. The molecule has 1 aromatic heterocycles. The summed E-state index contributed by atoms with van der Waals surface area (Å²) < 4.78 is 5.78. The van der Waals surface area contributed by atoms with Crippen LogP contribution in [0.1, 0.15) is 24.2 Å². The van der Waals surface area contributed by atoms with Crippen LogP contribution >= 0.6 is 11.8 Å².